The van der Waals surface area contributed by atoms with Crippen molar-refractivity contribution >= 4 is 52.3 Å². The summed E-state index contributed by atoms with van der Waals surface area (Å²) in [6.45, 7) is 2.21. The van der Waals surface area contributed by atoms with Gasteiger partial charge in [0.25, 0.3) is 0 Å². The monoisotopic (exact) mass is 400 g/mol. The SMILES string of the molecule is Cc1cc(NC(=S)NCCOP2SCCS2)cc(C(F)(F)F)c1. The summed E-state index contributed by atoms with van der Waals surface area (Å²) < 4.78 is 44.0. The Labute approximate surface area is 147 Å². The van der Waals surface area contributed by atoms with Crippen molar-refractivity contribution in [2.45, 2.75) is 13.1 Å². The molecule has 0 spiro atoms. The largest absolute Gasteiger partial charge is 0.416 e. The Morgan fingerprint density at radius 2 is 2.00 bits per heavy atom. The van der Waals surface area contributed by atoms with E-state index < -0.39 is 18.3 Å². The van der Waals surface area contributed by atoms with Gasteiger partial charge in [-0.1, -0.05) is 22.8 Å². The molecule has 1 aromatic rings. The van der Waals surface area contributed by atoms with Gasteiger partial charge >= 0.3 is 6.18 Å². The Kier molecular flexibility index (Phi) is 7.28. The van der Waals surface area contributed by atoms with Crippen LogP contribution in [0.25, 0.3) is 0 Å². The Morgan fingerprint density at radius 3 is 2.65 bits per heavy atom. The molecule has 1 aromatic carbocycles. The van der Waals surface area contributed by atoms with Crippen molar-refractivity contribution in [1.82, 2.24) is 5.32 Å². The van der Waals surface area contributed by atoms with Gasteiger partial charge in [-0.25, -0.2) is 0 Å². The minimum atomic E-state index is -4.37. The van der Waals surface area contributed by atoms with Crippen LogP contribution in [0.5, 0.6) is 0 Å². The van der Waals surface area contributed by atoms with Gasteiger partial charge < -0.3 is 15.2 Å². The zero-order chi connectivity index (χ0) is 16.9. The van der Waals surface area contributed by atoms with Crippen LogP contribution < -0.4 is 10.6 Å². The van der Waals surface area contributed by atoms with Gasteiger partial charge in [0, 0.05) is 23.7 Å². The second-order valence-electron chi connectivity index (χ2n) is 4.69. The molecule has 10 heteroatoms. The van der Waals surface area contributed by atoms with Crippen molar-refractivity contribution in [3.63, 3.8) is 0 Å². The summed E-state index contributed by atoms with van der Waals surface area (Å²) in [5.74, 6) is 2.25. The van der Waals surface area contributed by atoms with Crippen molar-refractivity contribution in [2.24, 2.45) is 0 Å². The van der Waals surface area contributed by atoms with E-state index in [1.807, 2.05) is 22.8 Å². The molecule has 0 amide bonds. The van der Waals surface area contributed by atoms with Gasteiger partial charge in [0.05, 0.1) is 12.2 Å². The van der Waals surface area contributed by atoms with E-state index >= 15 is 0 Å². The zero-order valence-electron chi connectivity index (χ0n) is 12.3. The Morgan fingerprint density at radius 1 is 1.30 bits per heavy atom. The van der Waals surface area contributed by atoms with E-state index in [0.717, 1.165) is 23.6 Å². The number of anilines is 1. The third-order valence-electron chi connectivity index (χ3n) is 2.72. The lowest BCUT2D eigenvalue weighted by atomic mass is 10.1. The van der Waals surface area contributed by atoms with Gasteiger partial charge in [-0.3, -0.25) is 0 Å². The van der Waals surface area contributed by atoms with Crippen molar-refractivity contribution in [3.05, 3.63) is 29.3 Å². The Balaban J connectivity index is 1.79. The fourth-order valence-electron chi connectivity index (χ4n) is 1.81. The molecule has 2 rings (SSSR count). The van der Waals surface area contributed by atoms with Gasteiger partial charge in [0.15, 0.2) is 11.7 Å². The van der Waals surface area contributed by atoms with E-state index in [0.29, 0.717) is 24.4 Å². The molecule has 1 fully saturated rings. The molecule has 1 aliphatic rings. The van der Waals surface area contributed by atoms with Crippen LogP contribution in [0.15, 0.2) is 18.2 Å². The lowest BCUT2D eigenvalue weighted by Gasteiger charge is -2.14. The molecule has 1 aliphatic heterocycles. The van der Waals surface area contributed by atoms with E-state index in [1.165, 1.54) is 0 Å². The second kappa shape index (κ2) is 8.76. The first-order valence-corrected chi connectivity index (χ1v) is 11.6. The van der Waals surface area contributed by atoms with Crippen LogP contribution in [0.4, 0.5) is 18.9 Å². The van der Waals surface area contributed by atoms with Crippen LogP contribution >= 0.6 is 41.5 Å². The minimum absolute atomic E-state index is 0.284. The van der Waals surface area contributed by atoms with E-state index in [-0.39, 0.29) is 5.11 Å². The molecule has 0 aromatic heterocycles. The third kappa shape index (κ3) is 6.66. The number of rotatable bonds is 5. The number of benzene rings is 1. The average molecular weight is 400 g/mol. The number of aryl methyl sites for hydroxylation is 1. The second-order valence-corrected chi connectivity index (χ2v) is 11.4. The molecular weight excluding hydrogens is 384 g/mol. The summed E-state index contributed by atoms with van der Waals surface area (Å²) in [6, 6.07) is 3.77. The van der Waals surface area contributed by atoms with Crippen LogP contribution in [-0.2, 0) is 10.7 Å². The lowest BCUT2D eigenvalue weighted by molar-refractivity contribution is -0.137. The Bertz CT molecular complexity index is 554. The summed E-state index contributed by atoms with van der Waals surface area (Å²) in [4.78, 5) is 0. The summed E-state index contributed by atoms with van der Waals surface area (Å²) >= 11 is 8.76. The average Bonchev–Trinajstić information content (AvgIpc) is 2.95. The maximum atomic E-state index is 12.8. The topological polar surface area (TPSA) is 33.3 Å². The number of alkyl halides is 3. The van der Waals surface area contributed by atoms with E-state index in [2.05, 4.69) is 10.6 Å². The molecule has 0 radical (unpaired) electrons. The molecule has 3 nitrogen and oxygen atoms in total. The van der Waals surface area contributed by atoms with Crippen molar-refractivity contribution in [3.8, 4) is 0 Å². The molecule has 0 atom stereocenters. The van der Waals surface area contributed by atoms with Crippen LogP contribution in [0, 0.1) is 6.92 Å². The predicted octanol–water partition coefficient (Wildman–Crippen LogP) is 5.02. The van der Waals surface area contributed by atoms with Crippen LogP contribution in [0.3, 0.4) is 0 Å². The first kappa shape index (κ1) is 19.1. The van der Waals surface area contributed by atoms with Gasteiger partial charge in [-0.15, -0.1) is 0 Å². The molecule has 1 heterocycles. The summed E-state index contributed by atoms with van der Waals surface area (Å²) in [5.41, 5.74) is 0.151. The van der Waals surface area contributed by atoms with E-state index in [4.69, 9.17) is 16.7 Å². The minimum Gasteiger partial charge on any atom is -0.360 e. The molecule has 0 aliphatic carbocycles. The van der Waals surface area contributed by atoms with Crippen LogP contribution in [-0.4, -0.2) is 29.8 Å². The highest BCUT2D eigenvalue weighted by Crippen LogP contribution is 2.66. The zero-order valence-corrected chi connectivity index (χ0v) is 15.6. The number of hydrogen-bond donors (Lipinski definition) is 2. The molecule has 23 heavy (non-hydrogen) atoms. The summed E-state index contributed by atoms with van der Waals surface area (Å²) in [5, 5.41) is 6.01. The maximum Gasteiger partial charge on any atom is 0.416 e. The predicted molar refractivity (Wildman–Crippen MR) is 98.2 cm³/mol. The fourth-order valence-corrected chi connectivity index (χ4v) is 8.76. The van der Waals surface area contributed by atoms with E-state index in [1.54, 1.807) is 13.0 Å². The molecular formula is C13H16F3N2OPS3. The molecule has 128 valence electrons. The Hall–Kier alpha value is -0.210. The highest BCUT2D eigenvalue weighted by molar-refractivity contribution is 8.88. The van der Waals surface area contributed by atoms with E-state index in [9.17, 15) is 13.2 Å². The first-order valence-electron chi connectivity index (χ1n) is 6.77. The fraction of sp³-hybridized carbons (Fsp3) is 0.462. The van der Waals surface area contributed by atoms with Gasteiger partial charge in [0.1, 0.15) is 0 Å². The van der Waals surface area contributed by atoms with Crippen molar-refractivity contribution in [1.29, 1.82) is 0 Å². The van der Waals surface area contributed by atoms with Crippen LogP contribution in [0.2, 0.25) is 0 Å². The maximum absolute atomic E-state index is 12.8. The van der Waals surface area contributed by atoms with Gasteiger partial charge in [-0.05, 0) is 42.9 Å². The molecule has 0 bridgehead atoms. The summed E-state index contributed by atoms with van der Waals surface area (Å²) in [7, 11) is 0. The smallest absolute Gasteiger partial charge is 0.360 e. The number of thiocarbonyl (C=S) groups is 1. The van der Waals surface area contributed by atoms with Gasteiger partial charge in [0.2, 0.25) is 0 Å². The molecule has 0 saturated carbocycles. The molecule has 0 unspecified atom stereocenters. The first-order chi connectivity index (χ1) is 10.8. The quantitative estimate of drug-likeness (QED) is 0.410. The van der Waals surface area contributed by atoms with Crippen LogP contribution in [0.1, 0.15) is 11.1 Å². The number of nitrogens with one attached hydrogen (secondary N) is 2. The lowest BCUT2D eigenvalue weighted by Crippen LogP contribution is -2.31. The van der Waals surface area contributed by atoms with Gasteiger partial charge in [-0.2, -0.15) is 13.2 Å². The number of hydrogen-bond acceptors (Lipinski definition) is 4. The standard InChI is InChI=1S/C13H16F3N2OPS3/c1-9-6-10(13(14,15)16)8-11(7-9)18-12(21)17-2-3-19-20-22-4-5-23-20/h6-8H,2-5H2,1H3,(H2,17,18,21). The normalized spacial score (nSPS) is 15.7. The third-order valence-corrected chi connectivity index (χ3v) is 9.71. The molecule has 2 N–H and O–H groups in total. The molecule has 1 saturated heterocycles. The van der Waals surface area contributed by atoms with Crippen molar-refractivity contribution < 1.29 is 17.7 Å². The summed E-state index contributed by atoms with van der Waals surface area (Å²) in [6.07, 6.45) is -4.37. The highest BCUT2D eigenvalue weighted by atomic mass is 33.1. The van der Waals surface area contributed by atoms with Crippen molar-refractivity contribution in [2.75, 3.05) is 30.0 Å². The number of halogens is 3. The highest BCUT2D eigenvalue weighted by Gasteiger charge is 2.30.